The van der Waals surface area contributed by atoms with E-state index in [1.807, 2.05) is 32.9 Å². The van der Waals surface area contributed by atoms with Crippen molar-refractivity contribution in [2.75, 3.05) is 5.73 Å². The first-order chi connectivity index (χ1) is 14.2. The molecule has 0 atom stereocenters. The summed E-state index contributed by atoms with van der Waals surface area (Å²) in [6.45, 7) is 5.86. The maximum absolute atomic E-state index is 6.28. The molecule has 154 valence electrons. The zero-order valence-corrected chi connectivity index (χ0v) is 17.9. The number of hydrogen-bond acceptors (Lipinski definition) is 7. The van der Waals surface area contributed by atoms with Gasteiger partial charge in [-0.3, -0.25) is 9.97 Å². The second-order valence-electron chi connectivity index (χ2n) is 8.62. The molecule has 0 amide bonds. The molecule has 4 aromatic rings. The van der Waals surface area contributed by atoms with Crippen LogP contribution in [0.3, 0.4) is 0 Å². The molecule has 1 aliphatic rings. The van der Waals surface area contributed by atoms with Gasteiger partial charge >= 0.3 is 0 Å². The summed E-state index contributed by atoms with van der Waals surface area (Å²) in [7, 11) is 0. The van der Waals surface area contributed by atoms with Crippen LogP contribution in [0.1, 0.15) is 61.4 Å². The Balaban J connectivity index is 1.43. The lowest BCUT2D eigenvalue weighted by atomic mass is 9.72. The molecule has 1 aliphatic carbocycles. The predicted molar refractivity (Wildman–Crippen MR) is 116 cm³/mol. The molecular weight excluding hydrogens is 400 g/mol. The first kappa shape index (κ1) is 19.1. The number of para-hydroxylation sites is 1. The third kappa shape index (κ3) is 2.98. The normalized spacial score (nSPS) is 19.4. The molecule has 0 unspecified atom stereocenters. The van der Waals surface area contributed by atoms with Crippen LogP contribution in [0.25, 0.3) is 16.6 Å². The Morgan fingerprint density at radius 2 is 1.90 bits per heavy atom. The monoisotopic (exact) mass is 422 g/mol. The summed E-state index contributed by atoms with van der Waals surface area (Å²) >= 11 is 6.28. The van der Waals surface area contributed by atoms with Crippen molar-refractivity contribution in [2.24, 2.45) is 5.73 Å². The third-order valence-corrected chi connectivity index (χ3v) is 6.13. The van der Waals surface area contributed by atoms with Gasteiger partial charge in [-0.1, -0.05) is 17.7 Å². The topological polar surface area (TPSA) is 121 Å². The molecule has 3 heterocycles. The van der Waals surface area contributed by atoms with Crippen molar-refractivity contribution in [1.29, 1.82) is 0 Å². The highest BCUT2D eigenvalue weighted by atomic mass is 35.5. The van der Waals surface area contributed by atoms with Gasteiger partial charge < -0.3 is 11.5 Å². The van der Waals surface area contributed by atoms with Gasteiger partial charge in [0.25, 0.3) is 0 Å². The molecule has 0 radical (unpaired) electrons. The Bertz CT molecular complexity index is 1280. The van der Waals surface area contributed by atoms with E-state index >= 15 is 0 Å². The number of nitrogen functional groups attached to an aromatic ring is 1. The SMILES string of the molecule is Cc1nc(C(C)(C)N)cnc1C1CC(c2nc3c4cccc(Cl)c4nc(N)n3n2)C1. The Hall–Kier alpha value is -2.84. The molecule has 0 spiro atoms. The highest BCUT2D eigenvalue weighted by molar-refractivity contribution is 6.35. The van der Waals surface area contributed by atoms with Gasteiger partial charge in [0.2, 0.25) is 5.95 Å². The largest absolute Gasteiger partial charge is 0.368 e. The molecule has 1 aromatic carbocycles. The van der Waals surface area contributed by atoms with Crippen LogP contribution in [0.2, 0.25) is 5.02 Å². The quantitative estimate of drug-likeness (QED) is 0.518. The fourth-order valence-corrected chi connectivity index (χ4v) is 4.28. The van der Waals surface area contributed by atoms with Gasteiger partial charge in [-0.2, -0.15) is 4.52 Å². The Morgan fingerprint density at radius 3 is 2.60 bits per heavy atom. The van der Waals surface area contributed by atoms with E-state index in [1.54, 1.807) is 16.8 Å². The Labute approximate surface area is 178 Å². The first-order valence-electron chi connectivity index (χ1n) is 9.95. The van der Waals surface area contributed by atoms with Crippen molar-refractivity contribution in [2.45, 2.75) is 51.0 Å². The lowest BCUT2D eigenvalue weighted by Crippen LogP contribution is -2.31. The van der Waals surface area contributed by atoms with E-state index in [1.165, 1.54) is 0 Å². The minimum atomic E-state index is -0.501. The summed E-state index contributed by atoms with van der Waals surface area (Å²) in [5, 5.41) is 6.02. The molecule has 0 bridgehead atoms. The van der Waals surface area contributed by atoms with Crippen molar-refractivity contribution in [3.8, 4) is 0 Å². The minimum Gasteiger partial charge on any atom is -0.368 e. The van der Waals surface area contributed by atoms with E-state index in [0.717, 1.165) is 41.1 Å². The molecule has 3 aromatic heterocycles. The van der Waals surface area contributed by atoms with Gasteiger partial charge in [-0.15, -0.1) is 5.10 Å². The van der Waals surface area contributed by atoms with E-state index in [9.17, 15) is 0 Å². The summed E-state index contributed by atoms with van der Waals surface area (Å²) in [6, 6.07) is 5.61. The number of anilines is 1. The van der Waals surface area contributed by atoms with Crippen LogP contribution >= 0.6 is 11.6 Å². The zero-order chi connectivity index (χ0) is 21.2. The van der Waals surface area contributed by atoms with E-state index in [-0.39, 0.29) is 11.9 Å². The fourth-order valence-electron chi connectivity index (χ4n) is 4.06. The predicted octanol–water partition coefficient (Wildman–Crippen LogP) is 3.47. The maximum Gasteiger partial charge on any atom is 0.223 e. The average molecular weight is 423 g/mol. The smallest absolute Gasteiger partial charge is 0.223 e. The van der Waals surface area contributed by atoms with Crippen LogP contribution in [-0.2, 0) is 5.54 Å². The van der Waals surface area contributed by atoms with Crippen LogP contribution in [-0.4, -0.2) is 29.5 Å². The van der Waals surface area contributed by atoms with Crippen molar-refractivity contribution < 1.29 is 0 Å². The van der Waals surface area contributed by atoms with Gasteiger partial charge in [0.15, 0.2) is 11.5 Å². The number of nitrogens with zero attached hydrogens (tertiary/aromatic N) is 6. The van der Waals surface area contributed by atoms with Gasteiger partial charge in [0, 0.05) is 17.2 Å². The van der Waals surface area contributed by atoms with Crippen molar-refractivity contribution in [1.82, 2.24) is 29.5 Å². The summed E-state index contributed by atoms with van der Waals surface area (Å²) < 4.78 is 1.60. The zero-order valence-electron chi connectivity index (χ0n) is 17.1. The van der Waals surface area contributed by atoms with Gasteiger partial charge in [0.1, 0.15) is 0 Å². The third-order valence-electron chi connectivity index (χ3n) is 5.83. The number of benzene rings is 1. The highest BCUT2D eigenvalue weighted by Gasteiger charge is 2.36. The van der Waals surface area contributed by atoms with Crippen LogP contribution in [0.4, 0.5) is 5.95 Å². The number of rotatable bonds is 3. The molecule has 8 nitrogen and oxygen atoms in total. The van der Waals surface area contributed by atoms with Gasteiger partial charge in [0.05, 0.1) is 39.4 Å². The van der Waals surface area contributed by atoms with E-state index in [0.29, 0.717) is 22.1 Å². The van der Waals surface area contributed by atoms with Crippen LogP contribution < -0.4 is 11.5 Å². The Morgan fingerprint density at radius 1 is 1.13 bits per heavy atom. The molecular formula is C21H23ClN8. The number of aryl methyl sites for hydroxylation is 1. The molecule has 5 rings (SSSR count). The molecule has 1 saturated carbocycles. The summed E-state index contributed by atoms with van der Waals surface area (Å²) in [5.74, 6) is 1.64. The van der Waals surface area contributed by atoms with Crippen molar-refractivity contribution in [3.05, 3.63) is 52.3 Å². The molecule has 9 heteroatoms. The minimum absolute atomic E-state index is 0.246. The van der Waals surface area contributed by atoms with Crippen LogP contribution in [0, 0.1) is 6.92 Å². The maximum atomic E-state index is 6.28. The summed E-state index contributed by atoms with van der Waals surface area (Å²) in [6.07, 6.45) is 3.63. The van der Waals surface area contributed by atoms with Crippen LogP contribution in [0.15, 0.2) is 24.4 Å². The Kier molecular flexibility index (Phi) is 4.20. The number of fused-ring (bicyclic) bond motifs is 3. The first-order valence-corrected chi connectivity index (χ1v) is 10.3. The molecule has 1 fully saturated rings. The molecule has 4 N–H and O–H groups in total. The van der Waals surface area contributed by atoms with Crippen molar-refractivity contribution in [3.63, 3.8) is 0 Å². The molecule has 30 heavy (non-hydrogen) atoms. The van der Waals surface area contributed by atoms with Gasteiger partial charge in [-0.25, -0.2) is 9.97 Å². The number of halogens is 1. The van der Waals surface area contributed by atoms with Crippen LogP contribution in [0.5, 0.6) is 0 Å². The average Bonchev–Trinajstić information content (AvgIpc) is 3.08. The van der Waals surface area contributed by atoms with E-state index in [2.05, 4.69) is 20.1 Å². The van der Waals surface area contributed by atoms with Gasteiger partial charge in [-0.05, 0) is 45.7 Å². The van der Waals surface area contributed by atoms with E-state index < -0.39 is 5.54 Å². The second-order valence-corrected chi connectivity index (χ2v) is 9.03. The lowest BCUT2D eigenvalue weighted by molar-refractivity contribution is 0.329. The molecule has 0 saturated heterocycles. The fraction of sp³-hybridized carbons (Fsp3) is 0.381. The number of nitrogens with two attached hydrogens (primary N) is 2. The van der Waals surface area contributed by atoms with Crippen molar-refractivity contribution >= 4 is 34.1 Å². The van der Waals surface area contributed by atoms with E-state index in [4.69, 9.17) is 28.1 Å². The summed E-state index contributed by atoms with van der Waals surface area (Å²) in [5.41, 5.74) is 15.9. The summed E-state index contributed by atoms with van der Waals surface area (Å²) in [4.78, 5) is 18.5. The number of hydrogen-bond donors (Lipinski definition) is 2. The standard InChI is InChI=1S/C21H23ClN8/c1-10-16(25-9-15(26-10)21(2,3)24)11-7-12(8-11)18-28-19-13-5-4-6-14(22)17(13)27-20(23)30(19)29-18/h4-6,9,11-12H,7-8,24H2,1-3H3,(H2,23,27). The second kappa shape index (κ2) is 6.58. The number of aromatic nitrogens is 6. The lowest BCUT2D eigenvalue weighted by Gasteiger charge is -2.33. The highest BCUT2D eigenvalue weighted by Crippen LogP contribution is 2.47. The molecule has 0 aliphatic heterocycles.